The van der Waals surface area contributed by atoms with E-state index in [0.29, 0.717) is 32.0 Å². The maximum atomic E-state index is 12.8. The molecule has 0 aromatic rings. The molecule has 0 radical (unpaired) electrons. The second-order valence-electron chi connectivity index (χ2n) is 9.24. The third kappa shape index (κ3) is 3.77. The highest BCUT2D eigenvalue weighted by Crippen LogP contribution is 2.36. The van der Waals surface area contributed by atoms with Crippen LogP contribution < -0.4 is 0 Å². The quantitative estimate of drug-likeness (QED) is 0.715. The summed E-state index contributed by atoms with van der Waals surface area (Å²) in [5.41, 5.74) is -0.242. The van der Waals surface area contributed by atoms with E-state index >= 15 is 0 Å². The number of carbonyl (C=O) groups excluding carboxylic acids is 2. The van der Waals surface area contributed by atoms with Crippen molar-refractivity contribution in [2.24, 2.45) is 11.8 Å². The first-order valence-electron chi connectivity index (χ1n) is 10.4. The smallest absolute Gasteiger partial charge is 0.242 e. The van der Waals surface area contributed by atoms with Crippen LogP contribution in [-0.4, -0.2) is 84.0 Å². The Balaban J connectivity index is 1.33. The van der Waals surface area contributed by atoms with Crippen LogP contribution >= 0.6 is 0 Å². The minimum absolute atomic E-state index is 0.118. The molecule has 1 saturated carbocycles. The van der Waals surface area contributed by atoms with Gasteiger partial charge in [0.2, 0.25) is 11.8 Å². The van der Waals surface area contributed by atoms with E-state index in [-0.39, 0.29) is 23.5 Å². The Morgan fingerprint density at radius 1 is 1.12 bits per heavy atom. The molecular weight excluding hydrogens is 330 g/mol. The van der Waals surface area contributed by atoms with Gasteiger partial charge in [0.15, 0.2) is 0 Å². The van der Waals surface area contributed by atoms with Gasteiger partial charge in [-0.25, -0.2) is 0 Å². The first kappa shape index (κ1) is 18.2. The molecule has 0 aromatic heterocycles. The summed E-state index contributed by atoms with van der Waals surface area (Å²) in [4.78, 5) is 31.4. The van der Waals surface area contributed by atoms with Crippen molar-refractivity contribution in [1.82, 2.24) is 14.7 Å². The summed E-state index contributed by atoms with van der Waals surface area (Å²) >= 11 is 0. The van der Waals surface area contributed by atoms with Crippen LogP contribution in [0.25, 0.3) is 0 Å². The zero-order valence-electron chi connectivity index (χ0n) is 16.3. The highest BCUT2D eigenvalue weighted by molar-refractivity contribution is 5.83. The maximum Gasteiger partial charge on any atom is 0.242 e. The molecule has 4 rings (SSSR count). The minimum Gasteiger partial charge on any atom is -0.368 e. The maximum absolute atomic E-state index is 12.8. The number of amides is 2. The fourth-order valence-corrected chi connectivity index (χ4v) is 4.27. The van der Waals surface area contributed by atoms with Crippen LogP contribution in [0.5, 0.6) is 0 Å². The summed E-state index contributed by atoms with van der Waals surface area (Å²) in [5, 5.41) is 0. The third-order valence-electron chi connectivity index (χ3n) is 6.37. The number of morpholine rings is 1. The number of hydrogen-bond acceptors (Lipinski definition) is 4. The number of likely N-dealkylation sites (tertiary alicyclic amines) is 2. The normalized spacial score (nSPS) is 28.2. The second kappa shape index (κ2) is 7.12. The van der Waals surface area contributed by atoms with Crippen molar-refractivity contribution >= 4 is 11.8 Å². The van der Waals surface area contributed by atoms with E-state index < -0.39 is 0 Å². The van der Waals surface area contributed by atoms with E-state index in [1.807, 2.05) is 9.80 Å². The van der Waals surface area contributed by atoms with Crippen molar-refractivity contribution in [2.75, 3.05) is 45.9 Å². The molecule has 3 saturated heterocycles. The predicted molar refractivity (Wildman–Crippen MR) is 98.6 cm³/mol. The van der Waals surface area contributed by atoms with Crippen molar-refractivity contribution in [2.45, 2.75) is 57.6 Å². The zero-order chi connectivity index (χ0) is 18.3. The van der Waals surface area contributed by atoms with Crippen LogP contribution in [0.4, 0.5) is 0 Å². The molecule has 1 spiro atoms. The van der Waals surface area contributed by atoms with Gasteiger partial charge in [0, 0.05) is 32.6 Å². The highest BCUT2D eigenvalue weighted by Gasteiger charge is 2.52. The average molecular weight is 364 g/mol. The molecule has 0 N–H and O–H groups in total. The fourth-order valence-electron chi connectivity index (χ4n) is 4.27. The van der Waals surface area contributed by atoms with Gasteiger partial charge in [-0.3, -0.25) is 14.5 Å². The summed E-state index contributed by atoms with van der Waals surface area (Å²) in [6, 6.07) is -0.118. The number of carbonyl (C=O) groups is 2. The van der Waals surface area contributed by atoms with Crippen molar-refractivity contribution in [3.63, 3.8) is 0 Å². The number of hydrogen-bond donors (Lipinski definition) is 0. The standard InChI is InChI=1S/C20H33N3O3/c1-15(2)4-7-18(24)23-13-20(14-23)12-22(10-16-5-6-16)17(11-26-20)19(25)21-8-3-9-21/h15-17H,3-14H2,1-2H3/t17-/m1/s1. The zero-order valence-corrected chi connectivity index (χ0v) is 16.3. The van der Waals surface area contributed by atoms with Crippen LogP contribution in [0, 0.1) is 11.8 Å². The van der Waals surface area contributed by atoms with Crippen molar-refractivity contribution in [3.05, 3.63) is 0 Å². The molecule has 0 unspecified atom stereocenters. The summed E-state index contributed by atoms with van der Waals surface area (Å²) in [6.45, 7) is 9.77. The molecule has 4 fully saturated rings. The molecule has 146 valence electrons. The molecule has 3 heterocycles. The van der Waals surface area contributed by atoms with Gasteiger partial charge in [0.05, 0.1) is 19.7 Å². The van der Waals surface area contributed by atoms with Crippen molar-refractivity contribution in [1.29, 1.82) is 0 Å². The van der Waals surface area contributed by atoms with Crippen LogP contribution in [0.2, 0.25) is 0 Å². The van der Waals surface area contributed by atoms with Crippen LogP contribution in [-0.2, 0) is 14.3 Å². The van der Waals surface area contributed by atoms with E-state index in [9.17, 15) is 9.59 Å². The summed E-state index contributed by atoms with van der Waals surface area (Å²) in [5.74, 6) is 1.81. The number of rotatable bonds is 6. The van der Waals surface area contributed by atoms with E-state index in [1.54, 1.807) is 0 Å². The van der Waals surface area contributed by atoms with E-state index in [4.69, 9.17) is 4.74 Å². The Kier molecular flexibility index (Phi) is 4.99. The molecular formula is C20H33N3O3. The molecule has 4 aliphatic rings. The number of nitrogens with zero attached hydrogens (tertiary/aromatic N) is 3. The summed E-state index contributed by atoms with van der Waals surface area (Å²) < 4.78 is 6.21. The lowest BCUT2D eigenvalue weighted by Gasteiger charge is -2.56. The van der Waals surface area contributed by atoms with E-state index in [2.05, 4.69) is 18.7 Å². The summed E-state index contributed by atoms with van der Waals surface area (Å²) in [6.07, 6.45) is 5.28. The Hall–Kier alpha value is -1.14. The number of ether oxygens (including phenoxy) is 1. The van der Waals surface area contributed by atoms with Gasteiger partial charge in [-0.2, -0.15) is 0 Å². The largest absolute Gasteiger partial charge is 0.368 e. The molecule has 2 amide bonds. The van der Waals surface area contributed by atoms with Crippen LogP contribution in [0.1, 0.15) is 46.0 Å². The Morgan fingerprint density at radius 3 is 2.42 bits per heavy atom. The van der Waals surface area contributed by atoms with Crippen LogP contribution in [0.3, 0.4) is 0 Å². The lowest BCUT2D eigenvalue weighted by molar-refractivity contribution is -0.207. The first-order chi connectivity index (χ1) is 12.5. The third-order valence-corrected chi connectivity index (χ3v) is 6.37. The van der Waals surface area contributed by atoms with Gasteiger partial charge in [-0.1, -0.05) is 13.8 Å². The van der Waals surface area contributed by atoms with E-state index in [0.717, 1.165) is 44.9 Å². The topological polar surface area (TPSA) is 53.1 Å². The molecule has 6 heteroatoms. The average Bonchev–Trinajstić information content (AvgIpc) is 3.32. The van der Waals surface area contributed by atoms with Gasteiger partial charge >= 0.3 is 0 Å². The SMILES string of the molecule is CC(C)CCC(=O)N1CC2(C1)CN(CC1CC1)[C@@H](C(=O)N1CCC1)CO2. The molecule has 26 heavy (non-hydrogen) atoms. The molecule has 3 aliphatic heterocycles. The van der Waals surface area contributed by atoms with Crippen molar-refractivity contribution in [3.8, 4) is 0 Å². The second-order valence-corrected chi connectivity index (χ2v) is 9.24. The fraction of sp³-hybridized carbons (Fsp3) is 0.900. The molecule has 6 nitrogen and oxygen atoms in total. The van der Waals surface area contributed by atoms with Gasteiger partial charge < -0.3 is 14.5 Å². The molecule has 0 aromatic carbocycles. The molecule has 0 bridgehead atoms. The predicted octanol–water partition coefficient (Wildman–Crippen LogP) is 1.35. The van der Waals surface area contributed by atoms with Gasteiger partial charge in [-0.15, -0.1) is 0 Å². The Morgan fingerprint density at radius 2 is 1.85 bits per heavy atom. The molecule has 1 aliphatic carbocycles. The van der Waals surface area contributed by atoms with Gasteiger partial charge in [-0.05, 0) is 37.5 Å². The van der Waals surface area contributed by atoms with Crippen LogP contribution in [0.15, 0.2) is 0 Å². The van der Waals surface area contributed by atoms with E-state index in [1.165, 1.54) is 12.8 Å². The summed E-state index contributed by atoms with van der Waals surface area (Å²) in [7, 11) is 0. The van der Waals surface area contributed by atoms with Gasteiger partial charge in [0.1, 0.15) is 11.6 Å². The monoisotopic (exact) mass is 363 g/mol. The highest BCUT2D eigenvalue weighted by atomic mass is 16.5. The Labute approximate surface area is 156 Å². The van der Waals surface area contributed by atoms with Crippen molar-refractivity contribution < 1.29 is 14.3 Å². The minimum atomic E-state index is -0.242. The molecule has 1 atom stereocenters. The Bertz CT molecular complexity index is 551. The lowest BCUT2D eigenvalue weighted by atomic mass is 9.89. The first-order valence-corrected chi connectivity index (χ1v) is 10.4. The lowest BCUT2D eigenvalue weighted by Crippen LogP contribution is -2.74. The van der Waals surface area contributed by atoms with Gasteiger partial charge in [0.25, 0.3) is 0 Å².